The van der Waals surface area contributed by atoms with Gasteiger partial charge in [-0.15, -0.1) is 0 Å². The Balaban J connectivity index is 2.12. The Bertz CT molecular complexity index is 1150. The monoisotopic (exact) mass is 462 g/mol. The van der Waals surface area contributed by atoms with Gasteiger partial charge in [0, 0.05) is 15.5 Å². The SMILES string of the molecule is CC(C(O)(Sc1ccccc1)C(=O)O)S(=O)(=O)c1cc(Cl)ccc1-c1ccccc1. The summed E-state index contributed by atoms with van der Waals surface area (Å²) in [7, 11) is -4.30. The van der Waals surface area contributed by atoms with Crippen LogP contribution in [0.3, 0.4) is 0 Å². The molecule has 0 radical (unpaired) electrons. The van der Waals surface area contributed by atoms with Crippen LogP contribution < -0.4 is 0 Å². The summed E-state index contributed by atoms with van der Waals surface area (Å²) in [6.45, 7) is 1.19. The minimum atomic E-state index is -4.30. The summed E-state index contributed by atoms with van der Waals surface area (Å²) >= 11 is 6.65. The lowest BCUT2D eigenvalue weighted by molar-refractivity contribution is -0.149. The Morgan fingerprint density at radius 1 is 1.00 bits per heavy atom. The van der Waals surface area contributed by atoms with Crippen molar-refractivity contribution < 1.29 is 23.4 Å². The van der Waals surface area contributed by atoms with Crippen molar-refractivity contribution in [3.05, 3.63) is 83.9 Å². The number of hydrogen-bond donors (Lipinski definition) is 2. The van der Waals surface area contributed by atoms with Crippen molar-refractivity contribution in [3.63, 3.8) is 0 Å². The van der Waals surface area contributed by atoms with Gasteiger partial charge in [0.2, 0.25) is 4.93 Å². The summed E-state index contributed by atoms with van der Waals surface area (Å²) < 4.78 is 27.0. The van der Waals surface area contributed by atoms with Crippen LogP contribution in [0.5, 0.6) is 0 Å². The predicted molar refractivity (Wildman–Crippen MR) is 118 cm³/mol. The first kappa shape index (κ1) is 22.4. The van der Waals surface area contributed by atoms with Gasteiger partial charge in [0.05, 0.1) is 4.90 Å². The predicted octanol–water partition coefficient (Wildman–Crippen LogP) is 4.73. The molecule has 30 heavy (non-hydrogen) atoms. The van der Waals surface area contributed by atoms with Gasteiger partial charge in [-0.05, 0) is 36.8 Å². The second-order valence-corrected chi connectivity index (χ2v) is 10.6. The number of thioether (sulfide) groups is 1. The van der Waals surface area contributed by atoms with Crippen molar-refractivity contribution in [3.8, 4) is 11.1 Å². The third kappa shape index (κ3) is 4.39. The largest absolute Gasteiger partial charge is 0.478 e. The van der Waals surface area contributed by atoms with Crippen molar-refractivity contribution in [2.45, 2.75) is 26.9 Å². The molecule has 3 rings (SSSR count). The van der Waals surface area contributed by atoms with E-state index in [2.05, 4.69) is 0 Å². The van der Waals surface area contributed by atoms with Crippen LogP contribution in [0.25, 0.3) is 11.1 Å². The maximum Gasteiger partial charge on any atom is 0.348 e. The number of rotatable bonds is 7. The van der Waals surface area contributed by atoms with Crippen LogP contribution in [0.1, 0.15) is 6.92 Å². The van der Waals surface area contributed by atoms with Gasteiger partial charge in [-0.1, -0.05) is 78.0 Å². The molecule has 2 unspecified atom stereocenters. The molecule has 0 aliphatic heterocycles. The fourth-order valence-corrected chi connectivity index (χ4v) is 6.31. The summed E-state index contributed by atoms with van der Waals surface area (Å²) in [5.41, 5.74) is 1.01. The molecule has 0 aromatic heterocycles. The van der Waals surface area contributed by atoms with Gasteiger partial charge in [-0.2, -0.15) is 0 Å². The van der Waals surface area contributed by atoms with Gasteiger partial charge < -0.3 is 10.2 Å². The summed E-state index contributed by atoms with van der Waals surface area (Å²) in [5.74, 6) is -1.64. The number of benzene rings is 3. The number of halogens is 1. The first-order chi connectivity index (χ1) is 14.2. The summed E-state index contributed by atoms with van der Waals surface area (Å²) in [4.78, 5) is 9.68. The second kappa shape index (κ2) is 8.81. The zero-order valence-corrected chi connectivity index (χ0v) is 18.3. The molecule has 0 saturated carbocycles. The first-order valence-electron chi connectivity index (χ1n) is 8.95. The number of aliphatic carboxylic acids is 1. The molecule has 8 heteroatoms. The molecule has 0 bridgehead atoms. The van der Waals surface area contributed by atoms with Gasteiger partial charge in [0.15, 0.2) is 9.84 Å². The average molecular weight is 463 g/mol. The highest BCUT2D eigenvalue weighted by atomic mass is 35.5. The van der Waals surface area contributed by atoms with Gasteiger partial charge in [-0.3, -0.25) is 0 Å². The fraction of sp³-hybridized carbons (Fsp3) is 0.136. The Morgan fingerprint density at radius 3 is 2.13 bits per heavy atom. The molecule has 0 aliphatic rings. The van der Waals surface area contributed by atoms with Crippen molar-refractivity contribution >= 4 is 39.2 Å². The minimum absolute atomic E-state index is 0.137. The maximum atomic E-state index is 13.5. The Kier molecular flexibility index (Phi) is 6.57. The second-order valence-electron chi connectivity index (χ2n) is 6.61. The molecular weight excluding hydrogens is 444 g/mol. The molecule has 0 spiro atoms. The van der Waals surface area contributed by atoms with E-state index in [9.17, 15) is 23.4 Å². The van der Waals surface area contributed by atoms with E-state index in [-0.39, 0.29) is 9.92 Å². The highest BCUT2D eigenvalue weighted by Gasteiger charge is 2.50. The van der Waals surface area contributed by atoms with Gasteiger partial charge in [0.1, 0.15) is 5.25 Å². The Morgan fingerprint density at radius 2 is 1.57 bits per heavy atom. The molecule has 156 valence electrons. The van der Waals surface area contributed by atoms with Crippen LogP contribution in [0.2, 0.25) is 5.02 Å². The van der Waals surface area contributed by atoms with Crippen molar-refractivity contribution in [1.82, 2.24) is 0 Å². The van der Waals surface area contributed by atoms with Crippen molar-refractivity contribution in [2.75, 3.05) is 0 Å². The number of carboxylic acid groups (broad SMARTS) is 1. The number of hydrogen-bond acceptors (Lipinski definition) is 5. The van der Waals surface area contributed by atoms with E-state index in [1.165, 1.54) is 13.0 Å². The fourth-order valence-electron chi connectivity index (χ4n) is 2.96. The molecule has 0 aliphatic carbocycles. The van der Waals surface area contributed by atoms with Crippen LogP contribution in [-0.4, -0.2) is 34.8 Å². The van der Waals surface area contributed by atoms with Crippen molar-refractivity contribution in [1.29, 1.82) is 0 Å². The molecular formula is C22H19ClO5S2. The lowest BCUT2D eigenvalue weighted by Gasteiger charge is -2.29. The topological polar surface area (TPSA) is 91.7 Å². The van der Waals surface area contributed by atoms with Gasteiger partial charge in [0.25, 0.3) is 0 Å². The molecule has 0 amide bonds. The third-order valence-corrected chi connectivity index (χ3v) is 8.63. The number of sulfone groups is 1. The number of carbonyl (C=O) groups is 1. The normalized spacial score (nSPS) is 14.6. The van der Waals surface area contributed by atoms with E-state index in [0.29, 0.717) is 27.8 Å². The summed E-state index contributed by atoms with van der Waals surface area (Å²) in [5, 5.41) is 19.3. The zero-order valence-electron chi connectivity index (χ0n) is 15.9. The summed E-state index contributed by atoms with van der Waals surface area (Å²) in [6.07, 6.45) is 0. The molecule has 5 nitrogen and oxygen atoms in total. The average Bonchev–Trinajstić information content (AvgIpc) is 2.74. The lowest BCUT2D eigenvalue weighted by atomic mass is 10.1. The third-order valence-electron chi connectivity index (χ3n) is 4.67. The van der Waals surface area contributed by atoms with Gasteiger partial charge in [-0.25, -0.2) is 13.2 Å². The molecule has 0 heterocycles. The minimum Gasteiger partial charge on any atom is -0.478 e. The molecule has 3 aromatic carbocycles. The van der Waals surface area contributed by atoms with Crippen LogP contribution >= 0.6 is 23.4 Å². The van der Waals surface area contributed by atoms with E-state index in [0.717, 1.165) is 0 Å². The molecule has 2 N–H and O–H groups in total. The molecule has 0 saturated heterocycles. The van der Waals surface area contributed by atoms with E-state index in [4.69, 9.17) is 11.6 Å². The summed E-state index contributed by atoms with van der Waals surface area (Å²) in [6, 6.07) is 21.5. The van der Waals surface area contributed by atoms with Crippen LogP contribution in [0.15, 0.2) is 88.7 Å². The van der Waals surface area contributed by atoms with E-state index >= 15 is 0 Å². The molecule has 3 aromatic rings. The smallest absolute Gasteiger partial charge is 0.348 e. The maximum absolute atomic E-state index is 13.5. The quantitative estimate of drug-likeness (QED) is 0.389. The zero-order chi connectivity index (χ0) is 21.9. The Hall–Kier alpha value is -2.32. The van der Waals surface area contributed by atoms with E-state index in [1.807, 2.05) is 0 Å². The first-order valence-corrected chi connectivity index (χ1v) is 11.7. The Labute approximate surface area is 184 Å². The van der Waals surface area contributed by atoms with Crippen LogP contribution in [0, 0.1) is 0 Å². The van der Waals surface area contributed by atoms with E-state index < -0.39 is 26.0 Å². The molecule has 0 fully saturated rings. The van der Waals surface area contributed by atoms with Gasteiger partial charge >= 0.3 is 5.97 Å². The standard InChI is InChI=1S/C22H19ClO5S2/c1-15(22(26,21(24)25)29-18-10-6-3-7-11-18)30(27,28)20-14-17(23)12-13-19(20)16-8-4-2-5-9-16/h2-15,26H,1H3,(H,24,25). The molecule has 2 atom stereocenters. The highest BCUT2D eigenvalue weighted by molar-refractivity contribution is 8.02. The van der Waals surface area contributed by atoms with E-state index in [1.54, 1.807) is 72.8 Å². The lowest BCUT2D eigenvalue weighted by Crippen LogP contribution is -2.49. The number of aliphatic hydroxyl groups is 1. The van der Waals surface area contributed by atoms with Crippen molar-refractivity contribution in [2.24, 2.45) is 0 Å². The van der Waals surface area contributed by atoms with Crippen LogP contribution in [-0.2, 0) is 14.6 Å². The number of carboxylic acids is 1. The highest BCUT2D eigenvalue weighted by Crippen LogP contribution is 2.41. The van der Waals surface area contributed by atoms with Crippen LogP contribution in [0.4, 0.5) is 0 Å².